The van der Waals surface area contributed by atoms with Crippen LogP contribution in [0.4, 0.5) is 11.4 Å². The number of aliphatic hydroxyl groups is 3. The molecule has 1 amide bonds. The molecule has 248 valence electrons. The van der Waals surface area contributed by atoms with Gasteiger partial charge in [-0.1, -0.05) is 7.43 Å². The molecule has 0 aromatic heterocycles. The number of aromatic hydroxyl groups is 1. The molecule has 4 atom stereocenters. The van der Waals surface area contributed by atoms with Gasteiger partial charge in [0.2, 0.25) is 5.78 Å². The number of nitrogens with zero attached hydrogens (tertiary/aromatic N) is 2. The smallest absolute Gasteiger partial charge is 0.255 e. The molecule has 1 saturated carbocycles. The van der Waals surface area contributed by atoms with Crippen LogP contribution >= 0.6 is 0 Å². The van der Waals surface area contributed by atoms with Crippen molar-refractivity contribution in [3.05, 3.63) is 34.1 Å². The number of nitrogens with one attached hydrogen (secondary N) is 2. The van der Waals surface area contributed by atoms with E-state index in [1.54, 1.807) is 14.1 Å². The zero-order valence-corrected chi connectivity index (χ0v) is 26.7. The van der Waals surface area contributed by atoms with Gasteiger partial charge in [0.1, 0.15) is 22.8 Å². The summed E-state index contributed by atoms with van der Waals surface area (Å²) in [6.07, 6.45) is 1.81. The number of nitrogens with two attached hydrogens (primary N) is 1. The Balaban J connectivity index is 0.00000461. The molecule has 2 fully saturated rings. The Kier molecular flexibility index (Phi) is 8.40. The molecule has 0 bridgehead atoms. The van der Waals surface area contributed by atoms with Gasteiger partial charge in [-0.05, 0) is 85.0 Å². The minimum atomic E-state index is -2.67. The van der Waals surface area contributed by atoms with Crippen molar-refractivity contribution in [3.8, 4) is 5.75 Å². The molecule has 3 aliphatic carbocycles. The second-order valence-corrected chi connectivity index (χ2v) is 14.6. The highest BCUT2D eigenvalue weighted by molar-refractivity contribution is 6.24. The van der Waals surface area contributed by atoms with E-state index in [9.17, 15) is 34.8 Å². The molecule has 0 spiro atoms. The quantitative estimate of drug-likeness (QED) is 0.188. The van der Waals surface area contributed by atoms with Crippen LogP contribution in [0.15, 0.2) is 23.0 Å². The number of ketones is 2. The highest BCUT2D eigenvalue weighted by atomic mass is 16.3. The number of fused-ring (bicyclic) bond motifs is 3. The molecule has 0 radical (unpaired) electrons. The Morgan fingerprint density at radius 2 is 1.62 bits per heavy atom. The van der Waals surface area contributed by atoms with E-state index >= 15 is 0 Å². The second kappa shape index (κ2) is 11.0. The molecule has 1 aromatic carbocycles. The maximum absolute atomic E-state index is 14.2. The van der Waals surface area contributed by atoms with Gasteiger partial charge in [-0.2, -0.15) is 0 Å². The van der Waals surface area contributed by atoms with Crippen molar-refractivity contribution in [3.63, 3.8) is 0 Å². The molecule has 1 heterocycles. The van der Waals surface area contributed by atoms with Crippen LogP contribution in [0, 0.1) is 11.8 Å². The summed E-state index contributed by atoms with van der Waals surface area (Å²) in [5.74, 6) is -6.65. The first-order valence-corrected chi connectivity index (χ1v) is 15.0. The van der Waals surface area contributed by atoms with Crippen molar-refractivity contribution in [1.29, 1.82) is 0 Å². The largest absolute Gasteiger partial charge is 0.508 e. The van der Waals surface area contributed by atoms with Crippen molar-refractivity contribution in [2.75, 3.05) is 38.4 Å². The third-order valence-electron chi connectivity index (χ3n) is 9.73. The number of primary amides is 1. The lowest BCUT2D eigenvalue weighted by atomic mass is 9.57. The molecule has 0 unspecified atom stereocenters. The molecule has 1 aliphatic heterocycles. The number of hydrogen-bond acceptors (Lipinski definition) is 11. The summed E-state index contributed by atoms with van der Waals surface area (Å²) in [4.78, 5) is 43.1. The molecule has 1 aromatic rings. The number of anilines is 2. The number of benzene rings is 1. The summed E-state index contributed by atoms with van der Waals surface area (Å²) in [6, 6.07) is 0.705. The maximum Gasteiger partial charge on any atom is 0.255 e. The third-order valence-corrected chi connectivity index (χ3v) is 9.73. The lowest BCUT2D eigenvalue weighted by molar-refractivity contribution is -0.153. The van der Waals surface area contributed by atoms with E-state index in [1.807, 2.05) is 25.1 Å². The molecule has 1 saturated heterocycles. The van der Waals surface area contributed by atoms with Crippen LogP contribution in [0.2, 0.25) is 0 Å². The zero-order valence-electron chi connectivity index (χ0n) is 26.7. The van der Waals surface area contributed by atoms with Crippen molar-refractivity contribution >= 4 is 34.6 Å². The van der Waals surface area contributed by atoms with Crippen molar-refractivity contribution < 1.29 is 34.8 Å². The monoisotopic (exact) mass is 627 g/mol. The van der Waals surface area contributed by atoms with Gasteiger partial charge >= 0.3 is 0 Å². The Morgan fingerprint density at radius 3 is 2.13 bits per heavy atom. The summed E-state index contributed by atoms with van der Waals surface area (Å²) in [6.45, 7) is 8.49. The second-order valence-electron chi connectivity index (χ2n) is 14.6. The third kappa shape index (κ3) is 5.26. The average molecular weight is 628 g/mol. The molecule has 12 nitrogen and oxygen atoms in total. The number of carbonyl (C=O) groups is 3. The minimum absolute atomic E-state index is 0. The van der Waals surface area contributed by atoms with Gasteiger partial charge in [0.15, 0.2) is 11.4 Å². The molecule has 4 aliphatic rings. The standard InChI is InChI=1S/C32H45N5O7.CH4/c1-30(2)12-15(13-31(3,4)35-30)34-18-11-19(36(5)6)16-9-14-10-17-23(37(7)8)26(40)22(29(33)43)28(42)32(17,44)27(41)20(14)25(39)21(16)24(18)38;/h11,14-15,17,23,34-35,38-39,42,44H,9-10,12-13H2,1-8H3,(H2,33,43);1H4/t14-,17-,23-,32-;/m0./s1. The SMILES string of the molecule is C.CN(C)c1cc(NC2CC(C)(C)NC(C)(C)C2)c(O)c2c1C[C@H]1C[C@H]3[C@H](N(C)C)C(=O)C(C(N)=O)=C(O)[C@@]3(O)C(=O)C1=C2O. The van der Waals surface area contributed by atoms with Crippen LogP contribution in [0.25, 0.3) is 5.76 Å². The Labute approximate surface area is 265 Å². The van der Waals surface area contributed by atoms with E-state index in [-0.39, 0.29) is 54.3 Å². The lowest BCUT2D eigenvalue weighted by Crippen LogP contribution is -2.65. The predicted octanol–water partition coefficient (Wildman–Crippen LogP) is 2.39. The van der Waals surface area contributed by atoms with Crippen LogP contribution in [-0.2, 0) is 20.8 Å². The van der Waals surface area contributed by atoms with E-state index in [1.165, 1.54) is 4.90 Å². The van der Waals surface area contributed by atoms with Crippen LogP contribution in [-0.4, -0.2) is 99.8 Å². The van der Waals surface area contributed by atoms with Gasteiger partial charge in [0.25, 0.3) is 5.91 Å². The summed E-state index contributed by atoms with van der Waals surface area (Å²) < 4.78 is 0. The fourth-order valence-corrected chi connectivity index (χ4v) is 8.45. The average Bonchev–Trinajstić information content (AvgIpc) is 2.85. The van der Waals surface area contributed by atoms with Gasteiger partial charge < -0.3 is 41.7 Å². The first-order chi connectivity index (χ1) is 20.2. The molecule has 5 rings (SSSR count). The maximum atomic E-state index is 14.2. The fourth-order valence-electron chi connectivity index (χ4n) is 8.45. The summed E-state index contributed by atoms with van der Waals surface area (Å²) in [7, 11) is 6.86. The van der Waals surface area contributed by atoms with Crippen molar-refractivity contribution in [1.82, 2.24) is 10.2 Å². The molecule has 12 heteroatoms. The van der Waals surface area contributed by atoms with E-state index in [4.69, 9.17) is 5.73 Å². The first kappa shape index (κ1) is 34.3. The summed E-state index contributed by atoms with van der Waals surface area (Å²) in [5, 5.41) is 53.5. The predicted molar refractivity (Wildman–Crippen MR) is 173 cm³/mol. The highest BCUT2D eigenvalue weighted by Gasteiger charge is 2.64. The van der Waals surface area contributed by atoms with Gasteiger partial charge in [-0.15, -0.1) is 0 Å². The number of phenolic OH excluding ortho intramolecular Hbond substituents is 1. The van der Waals surface area contributed by atoms with Crippen molar-refractivity contribution in [2.45, 2.75) is 89.6 Å². The molecule has 45 heavy (non-hydrogen) atoms. The molecular formula is C33H49N5O7. The number of rotatable bonds is 5. The lowest BCUT2D eigenvalue weighted by Gasteiger charge is -2.50. The number of amides is 1. The summed E-state index contributed by atoms with van der Waals surface area (Å²) in [5.41, 5.74) is 3.23. The highest BCUT2D eigenvalue weighted by Crippen LogP contribution is 2.54. The van der Waals surface area contributed by atoms with Gasteiger partial charge in [-0.25, -0.2) is 0 Å². The zero-order chi connectivity index (χ0) is 32.8. The van der Waals surface area contributed by atoms with Gasteiger partial charge in [0.05, 0.1) is 17.3 Å². The van der Waals surface area contributed by atoms with Crippen LogP contribution in [0.5, 0.6) is 5.75 Å². The van der Waals surface area contributed by atoms with Crippen LogP contribution < -0.4 is 21.3 Å². The number of Topliss-reactive ketones (excluding diaryl/α,β-unsaturated/α-hetero) is 2. The minimum Gasteiger partial charge on any atom is -0.508 e. The number of phenols is 1. The normalized spacial score (nSPS) is 29.1. The number of aliphatic hydroxyl groups excluding tert-OH is 2. The first-order valence-electron chi connectivity index (χ1n) is 15.0. The van der Waals surface area contributed by atoms with E-state index < -0.39 is 58.0 Å². The Hall–Kier alpha value is -3.61. The number of hydrogen-bond donors (Lipinski definition) is 7. The Bertz CT molecular complexity index is 1510. The van der Waals surface area contributed by atoms with Gasteiger partial charge in [-0.3, -0.25) is 19.3 Å². The number of piperidine rings is 1. The summed E-state index contributed by atoms with van der Waals surface area (Å²) >= 11 is 0. The fraction of sp³-hybridized carbons (Fsp3) is 0.606. The Morgan fingerprint density at radius 1 is 1.04 bits per heavy atom. The topological polar surface area (TPSA) is 189 Å². The molecular weight excluding hydrogens is 578 g/mol. The van der Waals surface area contributed by atoms with Crippen LogP contribution in [0.3, 0.4) is 0 Å². The van der Waals surface area contributed by atoms with Crippen molar-refractivity contribution in [2.24, 2.45) is 17.6 Å². The van der Waals surface area contributed by atoms with E-state index in [0.29, 0.717) is 11.3 Å². The van der Waals surface area contributed by atoms with E-state index in [0.717, 1.165) is 18.5 Å². The number of carbonyl (C=O) groups excluding carboxylic acids is 3. The van der Waals surface area contributed by atoms with Crippen LogP contribution in [0.1, 0.15) is 65.5 Å². The number of likely N-dealkylation sites (N-methyl/N-ethyl adjacent to an activating group) is 1. The van der Waals surface area contributed by atoms with E-state index in [2.05, 4.69) is 38.3 Å². The van der Waals surface area contributed by atoms with Gasteiger partial charge in [0, 0.05) is 48.4 Å². The molecule has 8 N–H and O–H groups in total.